The summed E-state index contributed by atoms with van der Waals surface area (Å²) in [5, 5.41) is 2.96. The van der Waals surface area contributed by atoms with E-state index in [1.54, 1.807) is 24.5 Å². The minimum Gasteiger partial charge on any atom is -0.371 e. The Balaban J connectivity index is 1.29. The van der Waals surface area contributed by atoms with Gasteiger partial charge < -0.3 is 15.0 Å². The number of halogens is 1. The van der Waals surface area contributed by atoms with E-state index in [0.29, 0.717) is 37.1 Å². The van der Waals surface area contributed by atoms with E-state index < -0.39 is 5.82 Å². The quantitative estimate of drug-likeness (QED) is 0.872. The molecule has 136 valence electrons. The molecule has 7 nitrogen and oxygen atoms in total. The number of hydrogen-bond donors (Lipinski definition) is 1. The first-order chi connectivity index (χ1) is 12.7. The van der Waals surface area contributed by atoms with Crippen LogP contribution in [0.5, 0.6) is 0 Å². The first-order valence-electron chi connectivity index (χ1n) is 8.71. The van der Waals surface area contributed by atoms with Gasteiger partial charge >= 0.3 is 0 Å². The highest BCUT2D eigenvalue weighted by Gasteiger charge is 2.53. The molecule has 1 N–H and O–H groups in total. The fourth-order valence-corrected chi connectivity index (χ4v) is 3.72. The number of aromatic nitrogens is 3. The van der Waals surface area contributed by atoms with E-state index in [4.69, 9.17) is 4.74 Å². The highest BCUT2D eigenvalue weighted by Crippen LogP contribution is 2.42. The summed E-state index contributed by atoms with van der Waals surface area (Å²) in [6, 6.07) is 3.39. The first-order valence-corrected chi connectivity index (χ1v) is 8.71. The minimum atomic E-state index is -0.441. The number of ether oxygens (including phenoxy) is 1. The number of rotatable bonds is 5. The van der Waals surface area contributed by atoms with Crippen LogP contribution in [-0.2, 0) is 4.74 Å². The van der Waals surface area contributed by atoms with Gasteiger partial charge in [0.2, 0.25) is 5.95 Å². The number of anilines is 1. The average Bonchev–Trinajstić information content (AvgIpc) is 3.06. The number of nitrogens with one attached hydrogen (secondary N) is 1. The van der Waals surface area contributed by atoms with Crippen LogP contribution in [0.4, 0.5) is 10.3 Å². The second-order valence-corrected chi connectivity index (χ2v) is 6.74. The maximum Gasteiger partial charge on any atom is 0.251 e. The number of pyridine rings is 1. The van der Waals surface area contributed by atoms with Crippen LogP contribution in [0.1, 0.15) is 23.2 Å². The number of hydrogen-bond acceptors (Lipinski definition) is 6. The average molecular weight is 357 g/mol. The lowest BCUT2D eigenvalue weighted by atomic mass is 9.79. The zero-order valence-electron chi connectivity index (χ0n) is 14.3. The normalized spacial score (nSPS) is 20.8. The highest BCUT2D eigenvalue weighted by atomic mass is 19.1. The van der Waals surface area contributed by atoms with Crippen LogP contribution in [0, 0.1) is 11.7 Å². The van der Waals surface area contributed by atoms with E-state index in [1.165, 1.54) is 12.4 Å². The number of nitrogens with zero attached hydrogens (tertiary/aromatic N) is 4. The molecule has 1 atom stereocenters. The number of amides is 1. The van der Waals surface area contributed by atoms with Gasteiger partial charge in [-0.3, -0.25) is 9.78 Å². The molecular weight excluding hydrogens is 337 g/mol. The highest BCUT2D eigenvalue weighted by molar-refractivity contribution is 5.93. The Hall–Kier alpha value is -2.61. The van der Waals surface area contributed by atoms with Gasteiger partial charge in [-0.05, 0) is 30.9 Å². The molecule has 1 amide bonds. The Labute approximate surface area is 150 Å². The third kappa shape index (κ3) is 3.24. The van der Waals surface area contributed by atoms with Crippen molar-refractivity contribution in [3.63, 3.8) is 0 Å². The topological polar surface area (TPSA) is 80.2 Å². The van der Waals surface area contributed by atoms with Crippen LogP contribution in [0.2, 0.25) is 0 Å². The monoisotopic (exact) mass is 357 g/mol. The van der Waals surface area contributed by atoms with E-state index in [2.05, 4.69) is 20.3 Å². The Morgan fingerprint density at radius 1 is 1.31 bits per heavy atom. The molecule has 2 aromatic rings. The van der Waals surface area contributed by atoms with Crippen molar-refractivity contribution in [2.45, 2.75) is 18.4 Å². The minimum absolute atomic E-state index is 0.0877. The van der Waals surface area contributed by atoms with Crippen molar-refractivity contribution in [1.82, 2.24) is 20.3 Å². The van der Waals surface area contributed by atoms with Gasteiger partial charge in [-0.25, -0.2) is 14.4 Å². The van der Waals surface area contributed by atoms with E-state index in [1.807, 2.05) is 4.90 Å². The molecule has 2 saturated heterocycles. The van der Waals surface area contributed by atoms with Gasteiger partial charge in [-0.1, -0.05) is 0 Å². The molecule has 0 bridgehead atoms. The van der Waals surface area contributed by atoms with Crippen LogP contribution < -0.4 is 10.2 Å². The molecule has 2 aliphatic heterocycles. The van der Waals surface area contributed by atoms with Crippen molar-refractivity contribution in [2.75, 3.05) is 31.1 Å². The summed E-state index contributed by atoms with van der Waals surface area (Å²) >= 11 is 0. The Morgan fingerprint density at radius 2 is 2.04 bits per heavy atom. The fourth-order valence-electron chi connectivity index (χ4n) is 3.72. The third-order valence-corrected chi connectivity index (χ3v) is 5.13. The predicted octanol–water partition coefficient (Wildman–Crippen LogP) is 1.43. The van der Waals surface area contributed by atoms with Gasteiger partial charge in [-0.2, -0.15) is 0 Å². The van der Waals surface area contributed by atoms with Crippen molar-refractivity contribution in [3.8, 4) is 0 Å². The van der Waals surface area contributed by atoms with Crippen molar-refractivity contribution >= 4 is 11.9 Å². The Kier molecular flexibility index (Phi) is 4.50. The molecule has 4 heterocycles. The van der Waals surface area contributed by atoms with Crippen LogP contribution >= 0.6 is 0 Å². The molecule has 0 unspecified atom stereocenters. The van der Waals surface area contributed by atoms with Crippen LogP contribution in [-0.4, -0.2) is 52.7 Å². The molecule has 8 heteroatoms. The lowest BCUT2D eigenvalue weighted by molar-refractivity contribution is -0.0459. The molecule has 1 spiro atoms. The van der Waals surface area contributed by atoms with E-state index in [-0.39, 0.29) is 11.5 Å². The predicted molar refractivity (Wildman–Crippen MR) is 92.2 cm³/mol. The molecule has 0 aliphatic carbocycles. The van der Waals surface area contributed by atoms with Gasteiger partial charge in [0, 0.05) is 31.1 Å². The Morgan fingerprint density at radius 3 is 2.77 bits per heavy atom. The number of carbonyl (C=O) groups excluding carboxylic acids is 1. The van der Waals surface area contributed by atoms with Gasteiger partial charge in [-0.15, -0.1) is 0 Å². The van der Waals surface area contributed by atoms with Crippen molar-refractivity contribution in [3.05, 3.63) is 48.3 Å². The second kappa shape index (κ2) is 6.95. The summed E-state index contributed by atoms with van der Waals surface area (Å²) < 4.78 is 19.0. The smallest absolute Gasteiger partial charge is 0.251 e. The van der Waals surface area contributed by atoms with Crippen LogP contribution in [0.15, 0.2) is 36.9 Å². The molecular formula is C18H20FN5O2. The van der Waals surface area contributed by atoms with Gasteiger partial charge in [0.15, 0.2) is 5.82 Å². The van der Waals surface area contributed by atoms with Crippen LogP contribution in [0.25, 0.3) is 0 Å². The standard InChI is InChI=1S/C18H20FN5O2/c19-15-9-22-17(23-10-15)24-11-18(12-24)14(4-8-26-18)3-7-21-16(25)13-1-5-20-6-2-13/h1-2,5-6,9-10,14H,3-4,7-8,11-12H2,(H,21,25)/t14-/m1/s1. The SMILES string of the molecule is O=C(NCC[C@@H]1CCOC12CN(c1ncc(F)cn1)C2)c1ccncc1. The molecule has 0 radical (unpaired) electrons. The molecule has 0 aromatic carbocycles. The molecule has 0 saturated carbocycles. The lowest BCUT2D eigenvalue weighted by Crippen LogP contribution is -2.65. The van der Waals surface area contributed by atoms with Gasteiger partial charge in [0.05, 0.1) is 25.5 Å². The largest absolute Gasteiger partial charge is 0.371 e. The maximum atomic E-state index is 12.9. The first kappa shape index (κ1) is 16.8. The summed E-state index contributed by atoms with van der Waals surface area (Å²) in [5.41, 5.74) is 0.403. The molecule has 26 heavy (non-hydrogen) atoms. The summed E-state index contributed by atoms with van der Waals surface area (Å²) in [4.78, 5) is 26.1. The van der Waals surface area contributed by atoms with Crippen LogP contribution in [0.3, 0.4) is 0 Å². The molecule has 2 aliphatic rings. The van der Waals surface area contributed by atoms with Gasteiger partial charge in [0.1, 0.15) is 5.60 Å². The summed E-state index contributed by atoms with van der Waals surface area (Å²) in [6.45, 7) is 2.72. The molecule has 4 rings (SSSR count). The molecule has 2 fully saturated rings. The summed E-state index contributed by atoms with van der Waals surface area (Å²) in [6.07, 6.45) is 7.40. The zero-order valence-corrected chi connectivity index (χ0v) is 14.3. The van der Waals surface area contributed by atoms with Crippen molar-refractivity contribution in [1.29, 1.82) is 0 Å². The summed E-state index contributed by atoms with van der Waals surface area (Å²) in [5.74, 6) is 0.369. The number of carbonyl (C=O) groups is 1. The van der Waals surface area contributed by atoms with E-state index in [9.17, 15) is 9.18 Å². The lowest BCUT2D eigenvalue weighted by Gasteiger charge is -2.50. The molecule has 2 aromatic heterocycles. The maximum absolute atomic E-state index is 12.9. The second-order valence-electron chi connectivity index (χ2n) is 6.74. The van der Waals surface area contributed by atoms with Gasteiger partial charge in [0.25, 0.3) is 5.91 Å². The Bertz CT molecular complexity index is 765. The van der Waals surface area contributed by atoms with Crippen molar-refractivity contribution < 1.29 is 13.9 Å². The third-order valence-electron chi connectivity index (χ3n) is 5.13. The van der Waals surface area contributed by atoms with E-state index >= 15 is 0 Å². The van der Waals surface area contributed by atoms with E-state index in [0.717, 1.165) is 19.4 Å². The van der Waals surface area contributed by atoms with Crippen molar-refractivity contribution in [2.24, 2.45) is 5.92 Å². The fraction of sp³-hybridized carbons (Fsp3) is 0.444. The zero-order chi connectivity index (χ0) is 18.0. The summed E-state index contributed by atoms with van der Waals surface area (Å²) in [7, 11) is 0.